The van der Waals surface area contributed by atoms with Gasteiger partial charge in [0.05, 0.1) is 11.5 Å². The summed E-state index contributed by atoms with van der Waals surface area (Å²) < 4.78 is 41.7. The van der Waals surface area contributed by atoms with Crippen LogP contribution < -0.4 is 0 Å². The molecule has 2 aliphatic rings. The van der Waals surface area contributed by atoms with Gasteiger partial charge in [-0.3, -0.25) is 4.79 Å². The molecule has 0 spiro atoms. The highest BCUT2D eigenvalue weighted by Crippen LogP contribution is 2.32. The molecule has 1 aromatic carbocycles. The average Bonchev–Trinajstić information content (AvgIpc) is 3.35. The summed E-state index contributed by atoms with van der Waals surface area (Å²) in [6.45, 7) is -0.451. The Morgan fingerprint density at radius 3 is 2.54 bits per heavy atom. The lowest BCUT2D eigenvalue weighted by molar-refractivity contribution is -0.149. The SMILES string of the molecule is O=C(/C=C/c1ccccc1F)OCC(=O)N(C1CC1)[C@@H]1CCS(=O)(=O)C1. The Morgan fingerprint density at radius 1 is 1.19 bits per heavy atom. The summed E-state index contributed by atoms with van der Waals surface area (Å²) in [4.78, 5) is 25.8. The van der Waals surface area contributed by atoms with E-state index in [1.807, 2.05) is 0 Å². The van der Waals surface area contributed by atoms with Gasteiger partial charge in [0.15, 0.2) is 16.4 Å². The van der Waals surface area contributed by atoms with E-state index < -0.39 is 28.2 Å². The normalized spacial score (nSPS) is 21.7. The second-order valence-corrected chi connectivity index (χ2v) is 8.78. The minimum Gasteiger partial charge on any atom is -0.452 e. The van der Waals surface area contributed by atoms with Crippen LogP contribution in [0.1, 0.15) is 24.8 Å². The number of carbonyl (C=O) groups is 2. The number of sulfone groups is 1. The van der Waals surface area contributed by atoms with Crippen molar-refractivity contribution in [3.05, 3.63) is 41.7 Å². The number of amides is 1. The van der Waals surface area contributed by atoms with Crippen LogP contribution in [0.3, 0.4) is 0 Å². The van der Waals surface area contributed by atoms with Crippen LogP contribution in [0.4, 0.5) is 4.39 Å². The molecule has 6 nitrogen and oxygen atoms in total. The summed E-state index contributed by atoms with van der Waals surface area (Å²) in [7, 11) is -3.10. The Labute approximate surface area is 151 Å². The number of ether oxygens (including phenoxy) is 1. The van der Waals surface area contributed by atoms with E-state index in [9.17, 15) is 22.4 Å². The highest BCUT2D eigenvalue weighted by molar-refractivity contribution is 7.91. The van der Waals surface area contributed by atoms with Gasteiger partial charge in [0, 0.05) is 23.7 Å². The molecule has 0 bridgehead atoms. The molecule has 1 saturated heterocycles. The molecule has 2 fully saturated rings. The molecular weight excluding hydrogens is 361 g/mol. The maximum Gasteiger partial charge on any atom is 0.331 e. The molecular formula is C18H20FNO5S. The molecule has 1 aliphatic heterocycles. The first-order valence-electron chi connectivity index (χ1n) is 8.47. The van der Waals surface area contributed by atoms with Crippen molar-refractivity contribution < 1.29 is 27.1 Å². The molecule has 1 saturated carbocycles. The van der Waals surface area contributed by atoms with Crippen LogP contribution >= 0.6 is 0 Å². The first-order valence-corrected chi connectivity index (χ1v) is 10.3. The number of nitrogens with zero attached hydrogens (tertiary/aromatic N) is 1. The lowest BCUT2D eigenvalue weighted by Crippen LogP contribution is -2.44. The molecule has 8 heteroatoms. The van der Waals surface area contributed by atoms with Crippen molar-refractivity contribution in [2.24, 2.45) is 0 Å². The highest BCUT2D eigenvalue weighted by atomic mass is 32.2. The van der Waals surface area contributed by atoms with Gasteiger partial charge in [-0.25, -0.2) is 17.6 Å². The second kappa shape index (κ2) is 7.57. The molecule has 1 aromatic rings. The van der Waals surface area contributed by atoms with Crippen LogP contribution in [0, 0.1) is 5.82 Å². The fourth-order valence-electron chi connectivity index (χ4n) is 3.08. The number of carbonyl (C=O) groups excluding carboxylic acids is 2. The Hall–Kier alpha value is -2.22. The summed E-state index contributed by atoms with van der Waals surface area (Å²) in [5, 5.41) is 0. The van der Waals surface area contributed by atoms with E-state index in [1.54, 1.807) is 17.0 Å². The van der Waals surface area contributed by atoms with Gasteiger partial charge in [-0.15, -0.1) is 0 Å². The van der Waals surface area contributed by atoms with E-state index in [0.29, 0.717) is 6.42 Å². The monoisotopic (exact) mass is 381 g/mol. The van der Waals surface area contributed by atoms with Crippen LogP contribution in [-0.2, 0) is 24.2 Å². The largest absolute Gasteiger partial charge is 0.452 e. The van der Waals surface area contributed by atoms with Crippen LogP contribution in [0.5, 0.6) is 0 Å². The maximum absolute atomic E-state index is 13.5. The third-order valence-electron chi connectivity index (χ3n) is 4.47. The Balaban J connectivity index is 1.55. The summed E-state index contributed by atoms with van der Waals surface area (Å²) in [6.07, 6.45) is 4.44. The fourth-order valence-corrected chi connectivity index (χ4v) is 4.79. The summed E-state index contributed by atoms with van der Waals surface area (Å²) in [5.41, 5.74) is 0.242. The minimum absolute atomic E-state index is 0.0314. The standard InChI is InChI=1S/C18H20FNO5S/c19-16-4-2-1-3-13(16)5-8-18(22)25-11-17(21)20(14-6-7-14)15-9-10-26(23,24)12-15/h1-5,8,14-15H,6-7,9-12H2/b8-5+/t15-/m1/s1. The molecule has 1 heterocycles. The van der Waals surface area contributed by atoms with Crippen LogP contribution in [-0.4, -0.2) is 55.4 Å². The number of benzene rings is 1. The maximum atomic E-state index is 13.5. The highest BCUT2D eigenvalue weighted by Gasteiger charge is 2.42. The molecule has 26 heavy (non-hydrogen) atoms. The molecule has 0 N–H and O–H groups in total. The Morgan fingerprint density at radius 2 is 1.92 bits per heavy atom. The second-order valence-electron chi connectivity index (χ2n) is 6.55. The smallest absolute Gasteiger partial charge is 0.331 e. The predicted octanol–water partition coefficient (Wildman–Crippen LogP) is 1.56. The minimum atomic E-state index is -3.10. The van der Waals surface area contributed by atoms with E-state index in [-0.39, 0.29) is 35.1 Å². The summed E-state index contributed by atoms with van der Waals surface area (Å²) in [5.74, 6) is -1.55. The number of halogens is 1. The van der Waals surface area contributed by atoms with E-state index in [2.05, 4.69) is 0 Å². The third-order valence-corrected chi connectivity index (χ3v) is 6.22. The quantitative estimate of drug-likeness (QED) is 0.552. The van der Waals surface area contributed by atoms with Gasteiger partial charge < -0.3 is 9.64 Å². The third kappa shape index (κ3) is 4.69. The van der Waals surface area contributed by atoms with Crippen LogP contribution in [0.15, 0.2) is 30.3 Å². The molecule has 0 radical (unpaired) electrons. The van der Waals surface area contributed by atoms with Crippen LogP contribution in [0.2, 0.25) is 0 Å². The number of hydrogen-bond acceptors (Lipinski definition) is 5. The lowest BCUT2D eigenvalue weighted by Gasteiger charge is -2.28. The van der Waals surface area contributed by atoms with E-state index in [4.69, 9.17) is 4.74 Å². The van der Waals surface area contributed by atoms with Crippen molar-refractivity contribution in [2.45, 2.75) is 31.3 Å². The molecule has 1 amide bonds. The van der Waals surface area contributed by atoms with Gasteiger partial charge in [0.25, 0.3) is 5.91 Å². The first kappa shape index (κ1) is 18.6. The summed E-state index contributed by atoms with van der Waals surface area (Å²) >= 11 is 0. The average molecular weight is 381 g/mol. The van der Waals surface area contributed by atoms with Gasteiger partial charge in [-0.2, -0.15) is 0 Å². The van der Waals surface area contributed by atoms with Gasteiger partial charge in [0.1, 0.15) is 5.82 Å². The zero-order chi connectivity index (χ0) is 18.7. The Kier molecular flexibility index (Phi) is 5.41. The van der Waals surface area contributed by atoms with Crippen LogP contribution in [0.25, 0.3) is 6.08 Å². The molecule has 0 aromatic heterocycles. The number of esters is 1. The number of hydrogen-bond donors (Lipinski definition) is 0. The first-order chi connectivity index (χ1) is 12.4. The van der Waals surface area contributed by atoms with Crippen molar-refractivity contribution in [1.29, 1.82) is 0 Å². The van der Waals surface area contributed by atoms with Gasteiger partial charge >= 0.3 is 5.97 Å². The van der Waals surface area contributed by atoms with Crippen molar-refractivity contribution >= 4 is 27.8 Å². The van der Waals surface area contributed by atoms with Crippen molar-refractivity contribution in [1.82, 2.24) is 4.90 Å². The Bertz CT molecular complexity index is 832. The van der Waals surface area contributed by atoms with Gasteiger partial charge in [-0.05, 0) is 31.4 Å². The van der Waals surface area contributed by atoms with Crippen molar-refractivity contribution in [2.75, 3.05) is 18.1 Å². The fraction of sp³-hybridized carbons (Fsp3) is 0.444. The molecule has 1 atom stereocenters. The number of rotatable bonds is 6. The van der Waals surface area contributed by atoms with Gasteiger partial charge in [0.2, 0.25) is 0 Å². The summed E-state index contributed by atoms with van der Waals surface area (Å²) in [6, 6.07) is 5.67. The topological polar surface area (TPSA) is 80.8 Å². The van der Waals surface area contributed by atoms with Gasteiger partial charge in [-0.1, -0.05) is 18.2 Å². The molecule has 0 unspecified atom stereocenters. The molecule has 3 rings (SSSR count). The van der Waals surface area contributed by atoms with E-state index in [1.165, 1.54) is 18.2 Å². The zero-order valence-corrected chi connectivity index (χ0v) is 15.0. The van der Waals surface area contributed by atoms with E-state index in [0.717, 1.165) is 18.9 Å². The lowest BCUT2D eigenvalue weighted by atomic mass is 10.2. The van der Waals surface area contributed by atoms with Crippen molar-refractivity contribution in [3.63, 3.8) is 0 Å². The molecule has 140 valence electrons. The van der Waals surface area contributed by atoms with Crippen molar-refractivity contribution in [3.8, 4) is 0 Å². The zero-order valence-electron chi connectivity index (χ0n) is 14.1. The predicted molar refractivity (Wildman–Crippen MR) is 93.3 cm³/mol. The van der Waals surface area contributed by atoms with E-state index >= 15 is 0 Å². The molecule has 1 aliphatic carbocycles.